The summed E-state index contributed by atoms with van der Waals surface area (Å²) in [6.45, 7) is -3.76. The summed E-state index contributed by atoms with van der Waals surface area (Å²) in [6.07, 6.45) is 1.80. The van der Waals surface area contributed by atoms with Crippen LogP contribution < -0.4 is 0 Å². The molecule has 0 N–H and O–H groups in total. The van der Waals surface area contributed by atoms with Gasteiger partial charge in [0.05, 0.1) is 7.11 Å². The van der Waals surface area contributed by atoms with Crippen molar-refractivity contribution in [2.24, 2.45) is 5.92 Å². The van der Waals surface area contributed by atoms with Gasteiger partial charge in [0.25, 0.3) is 0 Å². The Morgan fingerprint density at radius 2 is 1.94 bits per heavy atom. The van der Waals surface area contributed by atoms with E-state index >= 15 is 0 Å². The first kappa shape index (κ1) is 14.3. The fourth-order valence-electron chi connectivity index (χ4n) is 2.17. The Labute approximate surface area is 99.4 Å². The zero-order chi connectivity index (χ0) is 12.9. The average molecular weight is 252 g/mol. The Balaban J connectivity index is 2.19. The third kappa shape index (κ3) is 5.95. The van der Waals surface area contributed by atoms with Gasteiger partial charge in [-0.3, -0.25) is 4.79 Å². The molecule has 0 aromatic carbocycles. The van der Waals surface area contributed by atoms with Crippen molar-refractivity contribution in [3.8, 4) is 0 Å². The van der Waals surface area contributed by atoms with Crippen molar-refractivity contribution < 1.29 is 22.5 Å². The Morgan fingerprint density at radius 1 is 1.35 bits per heavy atom. The molecule has 0 aromatic heterocycles. The molecule has 100 valence electrons. The van der Waals surface area contributed by atoms with Gasteiger partial charge in [-0.25, -0.2) is 0 Å². The number of likely N-dealkylation sites (tertiary alicyclic amines) is 1. The molecule has 1 heterocycles. The largest absolute Gasteiger partial charge is 0.492 e. The van der Waals surface area contributed by atoms with Gasteiger partial charge in [-0.2, -0.15) is 0 Å². The van der Waals surface area contributed by atoms with Crippen LogP contribution in [0.4, 0.5) is 12.9 Å². The molecule has 0 saturated carbocycles. The van der Waals surface area contributed by atoms with Crippen molar-refractivity contribution in [3.05, 3.63) is 0 Å². The number of rotatable bonds is 5. The van der Waals surface area contributed by atoms with E-state index in [1.54, 1.807) is 0 Å². The third-order valence-corrected chi connectivity index (χ3v) is 3.16. The Bertz CT molecular complexity index is 252. The Morgan fingerprint density at radius 3 is 2.41 bits per heavy atom. The number of carbonyl (C=O) groups is 1. The molecule has 0 aromatic rings. The lowest BCUT2D eigenvalue weighted by molar-refractivity contribution is -0.141. The lowest BCUT2D eigenvalue weighted by Gasteiger charge is -2.34. The molecule has 1 aliphatic rings. The highest BCUT2D eigenvalue weighted by Gasteiger charge is 2.28. The SMILES string of the molecule is COC(=O)CCC1CCN(C[B-](F)(F)F)CC1. The van der Waals surface area contributed by atoms with Gasteiger partial charge in [0.2, 0.25) is 0 Å². The highest BCUT2D eigenvalue weighted by atomic mass is 19.4. The molecular weight excluding hydrogens is 234 g/mol. The van der Waals surface area contributed by atoms with Crippen molar-refractivity contribution in [3.63, 3.8) is 0 Å². The Hall–Kier alpha value is -0.715. The van der Waals surface area contributed by atoms with Crippen molar-refractivity contribution >= 4 is 12.9 Å². The van der Waals surface area contributed by atoms with E-state index in [0.29, 0.717) is 25.4 Å². The summed E-state index contributed by atoms with van der Waals surface area (Å²) in [7, 11) is 1.34. The summed E-state index contributed by atoms with van der Waals surface area (Å²) < 4.78 is 41.1. The minimum Gasteiger partial charge on any atom is -0.469 e. The monoisotopic (exact) mass is 252 g/mol. The van der Waals surface area contributed by atoms with Crippen LogP contribution in [0.25, 0.3) is 0 Å². The first-order valence-corrected chi connectivity index (χ1v) is 5.91. The number of carbonyl (C=O) groups excluding carboxylic acids is 1. The molecule has 1 rings (SSSR count). The van der Waals surface area contributed by atoms with Crippen LogP contribution in [0.15, 0.2) is 0 Å². The predicted molar refractivity (Wildman–Crippen MR) is 59.5 cm³/mol. The van der Waals surface area contributed by atoms with Gasteiger partial charge in [-0.05, 0) is 44.7 Å². The highest BCUT2D eigenvalue weighted by Crippen LogP contribution is 2.23. The van der Waals surface area contributed by atoms with Crippen molar-refractivity contribution in [1.29, 1.82) is 0 Å². The maximum atomic E-state index is 12.2. The highest BCUT2D eigenvalue weighted by molar-refractivity contribution is 6.58. The summed E-state index contributed by atoms with van der Waals surface area (Å²) in [5.74, 6) is 0.108. The van der Waals surface area contributed by atoms with Gasteiger partial charge in [0.15, 0.2) is 0 Å². The van der Waals surface area contributed by atoms with Gasteiger partial charge >= 0.3 is 12.9 Å². The minimum absolute atomic E-state index is 0.244. The second-order valence-electron chi connectivity index (χ2n) is 4.57. The fourth-order valence-corrected chi connectivity index (χ4v) is 2.17. The summed E-state index contributed by atoms with van der Waals surface area (Å²) in [6, 6.07) is 0. The third-order valence-electron chi connectivity index (χ3n) is 3.16. The van der Waals surface area contributed by atoms with Gasteiger partial charge in [0, 0.05) is 6.42 Å². The van der Waals surface area contributed by atoms with Crippen LogP contribution in [0.1, 0.15) is 25.7 Å². The molecule has 0 radical (unpaired) electrons. The minimum atomic E-state index is -4.72. The van der Waals surface area contributed by atoms with E-state index in [0.717, 1.165) is 19.3 Å². The van der Waals surface area contributed by atoms with E-state index < -0.39 is 13.4 Å². The van der Waals surface area contributed by atoms with Crippen molar-refractivity contribution in [1.82, 2.24) is 4.90 Å². The van der Waals surface area contributed by atoms with Crippen molar-refractivity contribution in [2.75, 3.05) is 26.6 Å². The quantitative estimate of drug-likeness (QED) is 0.554. The molecule has 0 aliphatic carbocycles. The summed E-state index contributed by atoms with van der Waals surface area (Å²) >= 11 is 0. The average Bonchev–Trinajstić information content (AvgIpc) is 2.25. The predicted octanol–water partition coefficient (Wildman–Crippen LogP) is 2.04. The zero-order valence-electron chi connectivity index (χ0n) is 10.0. The van der Waals surface area contributed by atoms with Crippen LogP contribution in [0, 0.1) is 5.92 Å². The number of esters is 1. The maximum absolute atomic E-state index is 12.2. The standard InChI is InChI=1S/C10H18BF3NO2/c1-17-10(16)3-2-9-4-6-15(7-5-9)8-11(12,13)14/h9H,2-8H2,1H3/q-1. The fraction of sp³-hybridized carbons (Fsp3) is 0.900. The van der Waals surface area contributed by atoms with Crippen LogP contribution in [0.2, 0.25) is 0 Å². The first-order chi connectivity index (χ1) is 7.90. The molecule has 7 heteroatoms. The van der Waals surface area contributed by atoms with Crippen LogP contribution in [-0.2, 0) is 9.53 Å². The number of hydrogen-bond acceptors (Lipinski definition) is 3. The van der Waals surface area contributed by atoms with Gasteiger partial charge in [-0.1, -0.05) is 0 Å². The molecule has 0 atom stereocenters. The van der Waals surface area contributed by atoms with E-state index in [1.165, 1.54) is 12.0 Å². The molecule has 0 amide bonds. The topological polar surface area (TPSA) is 29.5 Å². The molecule has 0 unspecified atom stereocenters. The molecule has 0 spiro atoms. The zero-order valence-corrected chi connectivity index (χ0v) is 10.0. The molecule has 0 bridgehead atoms. The van der Waals surface area contributed by atoms with Gasteiger partial charge < -0.3 is 22.6 Å². The van der Waals surface area contributed by atoms with Crippen LogP contribution >= 0.6 is 0 Å². The normalized spacial score (nSPS) is 19.3. The van der Waals surface area contributed by atoms with Gasteiger partial charge in [0.1, 0.15) is 0 Å². The molecule has 1 fully saturated rings. The smallest absolute Gasteiger partial charge is 0.469 e. The second kappa shape index (κ2) is 6.28. The first-order valence-electron chi connectivity index (χ1n) is 5.91. The molecule has 1 aliphatic heterocycles. The van der Waals surface area contributed by atoms with E-state index in [1.807, 2.05) is 0 Å². The van der Waals surface area contributed by atoms with Gasteiger partial charge in [-0.15, -0.1) is 0 Å². The van der Waals surface area contributed by atoms with E-state index in [4.69, 9.17) is 0 Å². The molecular formula is C10H18BF3NO2-. The van der Waals surface area contributed by atoms with Crippen LogP contribution in [0.5, 0.6) is 0 Å². The second-order valence-corrected chi connectivity index (χ2v) is 4.57. The van der Waals surface area contributed by atoms with Crippen LogP contribution in [-0.4, -0.2) is 44.5 Å². The van der Waals surface area contributed by atoms with E-state index in [2.05, 4.69) is 4.74 Å². The summed E-state index contributed by atoms with van der Waals surface area (Å²) in [4.78, 5) is 12.4. The molecule has 1 saturated heterocycles. The lowest BCUT2D eigenvalue weighted by Crippen LogP contribution is -2.42. The molecule has 17 heavy (non-hydrogen) atoms. The lowest BCUT2D eigenvalue weighted by atomic mass is 9.87. The number of nitrogens with zero attached hydrogens (tertiary/aromatic N) is 1. The molecule has 3 nitrogen and oxygen atoms in total. The number of halogens is 3. The Kier molecular flexibility index (Phi) is 5.30. The number of ether oxygens (including phenoxy) is 1. The summed E-state index contributed by atoms with van der Waals surface area (Å²) in [5.41, 5.74) is 0. The number of hydrogen-bond donors (Lipinski definition) is 0. The number of piperidine rings is 1. The number of methoxy groups -OCH3 is 1. The van der Waals surface area contributed by atoms with Crippen molar-refractivity contribution in [2.45, 2.75) is 25.7 Å². The maximum Gasteiger partial charge on any atom is 0.492 e. The van der Waals surface area contributed by atoms with Crippen LogP contribution in [0.3, 0.4) is 0 Å². The van der Waals surface area contributed by atoms with E-state index in [9.17, 15) is 17.7 Å². The van der Waals surface area contributed by atoms with E-state index in [-0.39, 0.29) is 5.97 Å². The summed E-state index contributed by atoms with van der Waals surface area (Å²) in [5, 5.41) is 0.